The van der Waals surface area contributed by atoms with Gasteiger partial charge in [0.1, 0.15) is 0 Å². The maximum absolute atomic E-state index is 5.23. The summed E-state index contributed by atoms with van der Waals surface area (Å²) >= 11 is 0. The topological polar surface area (TPSA) is 34.1 Å². The lowest BCUT2D eigenvalue weighted by atomic mass is 10.3. The number of anilines is 1. The molecule has 1 aliphatic rings. The molecule has 1 aromatic heterocycles. The van der Waals surface area contributed by atoms with Gasteiger partial charge in [-0.15, -0.1) is 0 Å². The van der Waals surface area contributed by atoms with Gasteiger partial charge in [-0.3, -0.25) is 4.98 Å². The zero-order chi connectivity index (χ0) is 9.97. The highest BCUT2D eigenvalue weighted by molar-refractivity contribution is 5.55. The van der Waals surface area contributed by atoms with E-state index in [0.717, 1.165) is 29.6 Å². The number of hydrogen-bond acceptors (Lipinski definition) is 3. The lowest BCUT2D eigenvalue weighted by molar-refractivity contribution is 0.414. The van der Waals surface area contributed by atoms with Crippen LogP contribution >= 0.6 is 0 Å². The van der Waals surface area contributed by atoms with E-state index in [0.29, 0.717) is 0 Å². The fraction of sp³-hybridized carbons (Fsp3) is 0.545. The van der Waals surface area contributed by atoms with Crippen molar-refractivity contribution >= 4 is 5.69 Å². The normalized spacial score (nSPS) is 15.3. The summed E-state index contributed by atoms with van der Waals surface area (Å²) in [5, 5.41) is 3.40. The average Bonchev–Trinajstić information content (AvgIpc) is 2.98. The molecule has 0 amide bonds. The van der Waals surface area contributed by atoms with Gasteiger partial charge in [-0.1, -0.05) is 0 Å². The van der Waals surface area contributed by atoms with E-state index >= 15 is 0 Å². The molecule has 0 aromatic carbocycles. The van der Waals surface area contributed by atoms with E-state index in [2.05, 4.69) is 10.3 Å². The van der Waals surface area contributed by atoms with Gasteiger partial charge in [0.25, 0.3) is 0 Å². The first kappa shape index (κ1) is 9.31. The number of pyridine rings is 1. The predicted molar refractivity (Wildman–Crippen MR) is 56.7 cm³/mol. The van der Waals surface area contributed by atoms with Gasteiger partial charge in [0.15, 0.2) is 5.75 Å². The van der Waals surface area contributed by atoms with Gasteiger partial charge in [0.05, 0.1) is 19.0 Å². The molecule has 2 rings (SSSR count). The van der Waals surface area contributed by atoms with E-state index < -0.39 is 0 Å². The van der Waals surface area contributed by atoms with Crippen molar-refractivity contribution in [2.24, 2.45) is 5.92 Å². The molecule has 3 nitrogen and oxygen atoms in total. The molecule has 0 bridgehead atoms. The Morgan fingerprint density at radius 2 is 2.36 bits per heavy atom. The smallest absolute Gasteiger partial charge is 0.160 e. The molecule has 76 valence electrons. The first-order valence-corrected chi connectivity index (χ1v) is 5.04. The van der Waals surface area contributed by atoms with Crippen LogP contribution in [0.25, 0.3) is 0 Å². The van der Waals surface area contributed by atoms with E-state index in [9.17, 15) is 0 Å². The second-order valence-corrected chi connectivity index (χ2v) is 3.85. The maximum atomic E-state index is 5.23. The third-order valence-electron chi connectivity index (χ3n) is 2.50. The number of rotatable bonds is 4. The summed E-state index contributed by atoms with van der Waals surface area (Å²) in [6.45, 7) is 3.04. The highest BCUT2D eigenvalue weighted by Crippen LogP contribution is 2.30. The van der Waals surface area contributed by atoms with Crippen LogP contribution in [0.4, 0.5) is 5.69 Å². The number of aromatic nitrogens is 1. The van der Waals surface area contributed by atoms with Crippen LogP contribution in [-0.4, -0.2) is 18.6 Å². The van der Waals surface area contributed by atoms with Crippen LogP contribution in [0.15, 0.2) is 12.3 Å². The highest BCUT2D eigenvalue weighted by Gasteiger charge is 2.21. The molecular weight excluding hydrogens is 176 g/mol. The molecule has 1 saturated carbocycles. The van der Waals surface area contributed by atoms with Crippen LogP contribution in [0, 0.1) is 12.8 Å². The van der Waals surface area contributed by atoms with Crippen LogP contribution in [0.2, 0.25) is 0 Å². The van der Waals surface area contributed by atoms with Crippen molar-refractivity contribution in [3.05, 3.63) is 18.0 Å². The fourth-order valence-electron chi connectivity index (χ4n) is 1.42. The molecule has 1 aliphatic carbocycles. The van der Waals surface area contributed by atoms with Crippen molar-refractivity contribution in [1.29, 1.82) is 0 Å². The number of aryl methyl sites for hydroxylation is 1. The summed E-state index contributed by atoms with van der Waals surface area (Å²) in [4.78, 5) is 4.19. The Hall–Kier alpha value is -1.25. The van der Waals surface area contributed by atoms with Gasteiger partial charge in [-0.25, -0.2) is 0 Å². The molecule has 0 spiro atoms. The van der Waals surface area contributed by atoms with Crippen LogP contribution in [-0.2, 0) is 0 Å². The predicted octanol–water partition coefficient (Wildman–Crippen LogP) is 2.22. The summed E-state index contributed by atoms with van der Waals surface area (Å²) in [5.74, 6) is 1.70. The van der Waals surface area contributed by atoms with E-state index in [1.54, 1.807) is 13.3 Å². The van der Waals surface area contributed by atoms with Gasteiger partial charge in [0.2, 0.25) is 0 Å². The molecule has 0 aliphatic heterocycles. The Balaban J connectivity index is 2.07. The zero-order valence-electron chi connectivity index (χ0n) is 8.71. The number of nitrogens with one attached hydrogen (secondary N) is 1. The van der Waals surface area contributed by atoms with Gasteiger partial charge in [-0.05, 0) is 31.7 Å². The quantitative estimate of drug-likeness (QED) is 0.794. The molecule has 0 saturated heterocycles. The number of methoxy groups -OCH3 is 1. The summed E-state index contributed by atoms with van der Waals surface area (Å²) in [6.07, 6.45) is 4.49. The zero-order valence-corrected chi connectivity index (χ0v) is 8.71. The largest absolute Gasteiger partial charge is 0.493 e. The van der Waals surface area contributed by atoms with Crippen molar-refractivity contribution in [3.63, 3.8) is 0 Å². The summed E-state index contributed by atoms with van der Waals surface area (Å²) in [7, 11) is 1.68. The first-order chi connectivity index (χ1) is 6.79. The Morgan fingerprint density at radius 1 is 1.57 bits per heavy atom. The second-order valence-electron chi connectivity index (χ2n) is 3.85. The monoisotopic (exact) mass is 192 g/mol. The van der Waals surface area contributed by atoms with Crippen LogP contribution in [0.1, 0.15) is 18.5 Å². The fourth-order valence-corrected chi connectivity index (χ4v) is 1.42. The summed E-state index contributed by atoms with van der Waals surface area (Å²) in [5.41, 5.74) is 2.08. The van der Waals surface area contributed by atoms with Gasteiger partial charge in [0, 0.05) is 12.2 Å². The van der Waals surface area contributed by atoms with E-state index in [1.165, 1.54) is 12.8 Å². The Morgan fingerprint density at radius 3 is 3.00 bits per heavy atom. The molecule has 1 N–H and O–H groups in total. The van der Waals surface area contributed by atoms with Gasteiger partial charge in [-0.2, -0.15) is 0 Å². The van der Waals surface area contributed by atoms with Gasteiger partial charge < -0.3 is 10.1 Å². The van der Waals surface area contributed by atoms with Crippen molar-refractivity contribution in [3.8, 4) is 5.75 Å². The lowest BCUT2D eigenvalue weighted by Gasteiger charge is -2.10. The molecule has 0 atom stereocenters. The molecule has 3 heteroatoms. The minimum Gasteiger partial charge on any atom is -0.493 e. The van der Waals surface area contributed by atoms with Crippen LogP contribution < -0.4 is 10.1 Å². The Labute approximate surface area is 84.5 Å². The van der Waals surface area contributed by atoms with Gasteiger partial charge >= 0.3 is 0 Å². The minimum atomic E-state index is 0.830. The third-order valence-corrected chi connectivity index (χ3v) is 2.50. The molecule has 1 aromatic rings. The Kier molecular flexibility index (Phi) is 2.57. The Bertz CT molecular complexity index is 321. The van der Waals surface area contributed by atoms with Crippen molar-refractivity contribution in [1.82, 2.24) is 4.98 Å². The van der Waals surface area contributed by atoms with Crippen molar-refractivity contribution < 1.29 is 4.74 Å². The SMILES string of the molecule is COc1cnc(C)cc1NCC1CC1. The van der Waals surface area contributed by atoms with E-state index in [-0.39, 0.29) is 0 Å². The first-order valence-electron chi connectivity index (χ1n) is 5.04. The molecule has 14 heavy (non-hydrogen) atoms. The minimum absolute atomic E-state index is 0.830. The van der Waals surface area contributed by atoms with Crippen LogP contribution in [0.3, 0.4) is 0 Å². The summed E-state index contributed by atoms with van der Waals surface area (Å²) in [6, 6.07) is 2.03. The standard InChI is InChI=1S/C11H16N2O/c1-8-5-10(11(14-2)7-12-8)13-6-9-3-4-9/h5,7,9H,3-4,6H2,1-2H3,(H,12,13). The number of nitrogens with zero attached hydrogens (tertiary/aromatic N) is 1. The molecular formula is C11H16N2O. The van der Waals surface area contributed by atoms with Crippen LogP contribution in [0.5, 0.6) is 5.75 Å². The molecule has 1 heterocycles. The second kappa shape index (κ2) is 3.86. The molecule has 0 radical (unpaired) electrons. The number of ether oxygens (including phenoxy) is 1. The number of hydrogen-bond donors (Lipinski definition) is 1. The maximum Gasteiger partial charge on any atom is 0.160 e. The third kappa shape index (κ3) is 2.16. The molecule has 1 fully saturated rings. The van der Waals surface area contributed by atoms with Crippen molar-refractivity contribution in [2.75, 3.05) is 19.0 Å². The molecule has 0 unspecified atom stereocenters. The summed E-state index contributed by atoms with van der Waals surface area (Å²) < 4.78 is 5.23. The van der Waals surface area contributed by atoms with E-state index in [4.69, 9.17) is 4.74 Å². The highest BCUT2D eigenvalue weighted by atomic mass is 16.5. The lowest BCUT2D eigenvalue weighted by Crippen LogP contribution is -2.05. The van der Waals surface area contributed by atoms with Crippen molar-refractivity contribution in [2.45, 2.75) is 19.8 Å². The average molecular weight is 192 g/mol. The van der Waals surface area contributed by atoms with E-state index in [1.807, 2.05) is 13.0 Å².